The molecule has 0 amide bonds. The van der Waals surface area contributed by atoms with Crippen molar-refractivity contribution in [3.8, 4) is 0 Å². The summed E-state index contributed by atoms with van der Waals surface area (Å²) in [5.41, 5.74) is 0.683. The molecule has 0 aromatic carbocycles. The van der Waals surface area contributed by atoms with Gasteiger partial charge in [0, 0.05) is 11.4 Å². The molecular formula is C11H15NO2S. The number of hydrogen-bond donors (Lipinski definition) is 1. The van der Waals surface area contributed by atoms with Crippen molar-refractivity contribution in [2.75, 3.05) is 13.7 Å². The van der Waals surface area contributed by atoms with Crippen molar-refractivity contribution in [1.29, 1.82) is 0 Å². The van der Waals surface area contributed by atoms with Crippen LogP contribution >= 0.6 is 11.3 Å². The summed E-state index contributed by atoms with van der Waals surface area (Å²) in [6.07, 6.45) is 1.73. The highest BCUT2D eigenvalue weighted by Gasteiger charge is 2.43. The van der Waals surface area contributed by atoms with Gasteiger partial charge in [0.05, 0.1) is 7.11 Å². The van der Waals surface area contributed by atoms with E-state index >= 15 is 0 Å². The monoisotopic (exact) mass is 225 g/mol. The predicted molar refractivity (Wildman–Crippen MR) is 60.0 cm³/mol. The summed E-state index contributed by atoms with van der Waals surface area (Å²) < 4.78 is 4.92. The number of ether oxygens (including phenoxy) is 1. The average Bonchev–Trinajstić information content (AvgIpc) is 2.75. The minimum absolute atomic E-state index is 0.173. The Balaban J connectivity index is 2.48. The number of fused-ring (bicyclic) bond motifs is 1. The largest absolute Gasteiger partial charge is 0.467 e. The number of thiophene rings is 1. The molecule has 1 aromatic rings. The van der Waals surface area contributed by atoms with E-state index in [1.165, 1.54) is 12.7 Å². The number of carbonyl (C=O) groups excluding carboxylic acids is 1. The van der Waals surface area contributed by atoms with Crippen LogP contribution in [0, 0.1) is 0 Å². The molecule has 1 aliphatic heterocycles. The summed E-state index contributed by atoms with van der Waals surface area (Å²) in [6, 6.07) is 2.11. The molecule has 2 rings (SSSR count). The summed E-state index contributed by atoms with van der Waals surface area (Å²) in [4.78, 5) is 13.0. The highest BCUT2D eigenvalue weighted by Crippen LogP contribution is 2.36. The maximum Gasteiger partial charge on any atom is 0.331 e. The molecule has 2 heterocycles. The van der Waals surface area contributed by atoms with Crippen LogP contribution in [0.3, 0.4) is 0 Å². The van der Waals surface area contributed by atoms with E-state index < -0.39 is 5.54 Å². The van der Waals surface area contributed by atoms with Crippen molar-refractivity contribution in [2.24, 2.45) is 0 Å². The number of methoxy groups -OCH3 is 1. The molecule has 0 spiro atoms. The number of nitrogens with one attached hydrogen (secondary N) is 1. The average molecular weight is 225 g/mol. The van der Waals surface area contributed by atoms with E-state index in [-0.39, 0.29) is 5.97 Å². The van der Waals surface area contributed by atoms with Gasteiger partial charge in [-0.25, -0.2) is 4.79 Å². The molecule has 15 heavy (non-hydrogen) atoms. The van der Waals surface area contributed by atoms with Crippen LogP contribution in [-0.2, 0) is 21.5 Å². The van der Waals surface area contributed by atoms with E-state index in [9.17, 15) is 4.79 Å². The fraction of sp³-hybridized carbons (Fsp3) is 0.545. The van der Waals surface area contributed by atoms with Gasteiger partial charge in [-0.05, 0) is 29.9 Å². The molecule has 0 fully saturated rings. The van der Waals surface area contributed by atoms with E-state index in [0.717, 1.165) is 24.3 Å². The fourth-order valence-electron chi connectivity index (χ4n) is 2.17. The first-order valence-electron chi connectivity index (χ1n) is 5.15. The standard InChI is InChI=1S/C11H15NO2S/c1-3-11(10(13)14-2)9-8(4-6-12-11)5-7-15-9/h5,7,12H,3-4,6H2,1-2H3/t11-/m1/s1. The molecule has 82 valence electrons. The summed E-state index contributed by atoms with van der Waals surface area (Å²) >= 11 is 1.64. The molecule has 0 radical (unpaired) electrons. The zero-order chi connectivity index (χ0) is 10.9. The summed E-state index contributed by atoms with van der Waals surface area (Å²) in [5.74, 6) is -0.173. The molecular weight excluding hydrogens is 210 g/mol. The highest BCUT2D eigenvalue weighted by atomic mass is 32.1. The first-order valence-corrected chi connectivity index (χ1v) is 6.03. The van der Waals surface area contributed by atoms with Gasteiger partial charge in [0.25, 0.3) is 0 Å². The molecule has 0 saturated heterocycles. The molecule has 0 unspecified atom stereocenters. The Kier molecular flexibility index (Phi) is 2.80. The minimum atomic E-state index is -0.601. The topological polar surface area (TPSA) is 38.3 Å². The molecule has 1 aliphatic rings. The summed E-state index contributed by atoms with van der Waals surface area (Å²) in [6.45, 7) is 2.85. The van der Waals surface area contributed by atoms with Gasteiger partial charge in [0.2, 0.25) is 0 Å². The van der Waals surface area contributed by atoms with Gasteiger partial charge in [-0.3, -0.25) is 5.32 Å². The van der Waals surface area contributed by atoms with Crippen LogP contribution < -0.4 is 5.32 Å². The van der Waals surface area contributed by atoms with Gasteiger partial charge in [0.1, 0.15) is 0 Å². The van der Waals surface area contributed by atoms with Gasteiger partial charge in [-0.2, -0.15) is 0 Å². The third-order valence-electron chi connectivity index (χ3n) is 3.02. The van der Waals surface area contributed by atoms with Gasteiger partial charge in [-0.15, -0.1) is 11.3 Å². The lowest BCUT2D eigenvalue weighted by atomic mass is 9.87. The minimum Gasteiger partial charge on any atom is -0.467 e. The van der Waals surface area contributed by atoms with Crippen LogP contribution in [0.2, 0.25) is 0 Å². The van der Waals surface area contributed by atoms with Gasteiger partial charge in [-0.1, -0.05) is 6.92 Å². The lowest BCUT2D eigenvalue weighted by Crippen LogP contribution is -2.52. The molecule has 0 saturated carbocycles. The Bertz CT molecular complexity index is 374. The van der Waals surface area contributed by atoms with Crippen molar-refractivity contribution in [2.45, 2.75) is 25.3 Å². The number of rotatable bonds is 2. The van der Waals surface area contributed by atoms with E-state index in [0.29, 0.717) is 0 Å². The second-order valence-electron chi connectivity index (χ2n) is 3.70. The first kappa shape index (κ1) is 10.6. The number of hydrogen-bond acceptors (Lipinski definition) is 4. The van der Waals surface area contributed by atoms with Crippen molar-refractivity contribution in [1.82, 2.24) is 5.32 Å². The second-order valence-corrected chi connectivity index (χ2v) is 4.62. The van der Waals surface area contributed by atoms with Crippen molar-refractivity contribution in [3.63, 3.8) is 0 Å². The lowest BCUT2D eigenvalue weighted by molar-refractivity contribution is -0.149. The van der Waals surface area contributed by atoms with E-state index in [4.69, 9.17) is 4.74 Å². The third-order valence-corrected chi connectivity index (χ3v) is 4.14. The van der Waals surface area contributed by atoms with Crippen LogP contribution in [0.25, 0.3) is 0 Å². The fourth-order valence-corrected chi connectivity index (χ4v) is 3.36. The molecule has 1 atom stereocenters. The number of esters is 1. The quantitative estimate of drug-likeness (QED) is 0.778. The highest BCUT2D eigenvalue weighted by molar-refractivity contribution is 7.10. The Morgan fingerprint density at radius 3 is 3.20 bits per heavy atom. The lowest BCUT2D eigenvalue weighted by Gasteiger charge is -2.34. The zero-order valence-electron chi connectivity index (χ0n) is 9.00. The summed E-state index contributed by atoms with van der Waals surface area (Å²) in [5, 5.41) is 5.36. The smallest absolute Gasteiger partial charge is 0.331 e. The van der Waals surface area contributed by atoms with Crippen LogP contribution in [-0.4, -0.2) is 19.6 Å². The van der Waals surface area contributed by atoms with Crippen molar-refractivity contribution < 1.29 is 9.53 Å². The Morgan fingerprint density at radius 1 is 1.73 bits per heavy atom. The van der Waals surface area contributed by atoms with E-state index in [1.807, 2.05) is 12.3 Å². The Morgan fingerprint density at radius 2 is 2.53 bits per heavy atom. The van der Waals surface area contributed by atoms with E-state index in [1.54, 1.807) is 11.3 Å². The molecule has 0 bridgehead atoms. The van der Waals surface area contributed by atoms with E-state index in [2.05, 4.69) is 11.4 Å². The molecule has 4 heteroatoms. The first-order chi connectivity index (χ1) is 7.24. The van der Waals surface area contributed by atoms with Crippen LogP contribution in [0.4, 0.5) is 0 Å². The van der Waals surface area contributed by atoms with Crippen LogP contribution in [0.5, 0.6) is 0 Å². The molecule has 3 nitrogen and oxygen atoms in total. The molecule has 1 N–H and O–H groups in total. The van der Waals surface area contributed by atoms with Gasteiger partial charge >= 0.3 is 5.97 Å². The van der Waals surface area contributed by atoms with Crippen LogP contribution in [0.1, 0.15) is 23.8 Å². The van der Waals surface area contributed by atoms with Crippen LogP contribution in [0.15, 0.2) is 11.4 Å². The Labute approximate surface area is 93.4 Å². The predicted octanol–water partition coefficient (Wildman–Crippen LogP) is 1.67. The second kappa shape index (κ2) is 3.94. The molecule has 0 aliphatic carbocycles. The Hall–Kier alpha value is -0.870. The van der Waals surface area contributed by atoms with Gasteiger partial charge in [0.15, 0.2) is 5.54 Å². The maximum absolute atomic E-state index is 11.9. The summed E-state index contributed by atoms with van der Waals surface area (Å²) in [7, 11) is 1.45. The van der Waals surface area contributed by atoms with Crippen molar-refractivity contribution in [3.05, 3.63) is 21.9 Å². The number of carbonyl (C=O) groups is 1. The van der Waals surface area contributed by atoms with Crippen molar-refractivity contribution >= 4 is 17.3 Å². The maximum atomic E-state index is 11.9. The zero-order valence-corrected chi connectivity index (χ0v) is 9.82. The third kappa shape index (κ3) is 1.48. The molecule has 1 aromatic heterocycles. The normalized spacial score (nSPS) is 24.7. The van der Waals surface area contributed by atoms with Gasteiger partial charge < -0.3 is 4.74 Å². The SMILES string of the molecule is CC[C@@]1(C(=O)OC)NCCc2ccsc21.